The summed E-state index contributed by atoms with van der Waals surface area (Å²) >= 11 is 6.02. The van der Waals surface area contributed by atoms with Gasteiger partial charge in [-0.3, -0.25) is 0 Å². The zero-order chi connectivity index (χ0) is 13.0. The zero-order valence-electron chi connectivity index (χ0n) is 10.8. The SMILES string of the molecule is CC(Cl)c1ncc(C2C3CCc4ccccc4C32)o1. The Morgan fingerprint density at radius 3 is 2.95 bits per heavy atom. The lowest BCUT2D eigenvalue weighted by Crippen LogP contribution is -2.00. The Bertz CT molecular complexity index is 619. The van der Waals surface area contributed by atoms with Crippen LogP contribution in [0.5, 0.6) is 0 Å². The van der Waals surface area contributed by atoms with Gasteiger partial charge in [-0.05, 0) is 42.7 Å². The van der Waals surface area contributed by atoms with E-state index in [1.54, 1.807) is 0 Å². The van der Waals surface area contributed by atoms with Gasteiger partial charge >= 0.3 is 0 Å². The molecule has 4 rings (SSSR count). The van der Waals surface area contributed by atoms with E-state index in [-0.39, 0.29) is 5.38 Å². The first-order valence-corrected chi connectivity index (χ1v) is 7.37. The maximum atomic E-state index is 6.02. The highest BCUT2D eigenvalue weighted by atomic mass is 35.5. The van der Waals surface area contributed by atoms with Crippen molar-refractivity contribution in [3.05, 3.63) is 53.2 Å². The summed E-state index contributed by atoms with van der Waals surface area (Å²) in [4.78, 5) is 4.29. The molecule has 4 atom stereocenters. The average Bonchev–Trinajstić information content (AvgIpc) is 2.96. The Morgan fingerprint density at radius 2 is 2.16 bits per heavy atom. The predicted molar refractivity (Wildman–Crippen MR) is 74.5 cm³/mol. The van der Waals surface area contributed by atoms with Crippen LogP contribution in [0.4, 0.5) is 0 Å². The zero-order valence-corrected chi connectivity index (χ0v) is 11.6. The van der Waals surface area contributed by atoms with Gasteiger partial charge in [0.2, 0.25) is 5.89 Å². The summed E-state index contributed by atoms with van der Waals surface area (Å²) in [6.07, 6.45) is 4.33. The number of benzene rings is 1. The van der Waals surface area contributed by atoms with E-state index in [0.717, 1.165) is 11.7 Å². The van der Waals surface area contributed by atoms with E-state index in [2.05, 4.69) is 29.2 Å². The highest BCUT2D eigenvalue weighted by Crippen LogP contribution is 2.65. The quantitative estimate of drug-likeness (QED) is 0.757. The van der Waals surface area contributed by atoms with Crippen molar-refractivity contribution in [2.45, 2.75) is 37.0 Å². The van der Waals surface area contributed by atoms with Crippen molar-refractivity contribution >= 4 is 11.6 Å². The lowest BCUT2D eigenvalue weighted by atomic mass is 9.92. The number of aryl methyl sites for hydroxylation is 1. The molecule has 1 heterocycles. The summed E-state index contributed by atoms with van der Waals surface area (Å²) in [6, 6.07) is 8.81. The molecule has 1 saturated carbocycles. The normalized spacial score (nSPS) is 29.5. The van der Waals surface area contributed by atoms with Crippen LogP contribution in [0, 0.1) is 5.92 Å². The number of halogens is 1. The van der Waals surface area contributed by atoms with Gasteiger partial charge in [0.1, 0.15) is 11.1 Å². The van der Waals surface area contributed by atoms with E-state index in [4.69, 9.17) is 16.0 Å². The van der Waals surface area contributed by atoms with Gasteiger partial charge in [0.05, 0.1) is 6.20 Å². The van der Waals surface area contributed by atoms with E-state index in [0.29, 0.717) is 17.7 Å². The standard InChI is InChI=1S/C16H16ClNO/c1-9(17)16-18-8-13(19-16)15-12-7-6-10-4-2-3-5-11(10)14(12)15/h2-5,8-9,12,14-15H,6-7H2,1H3. The van der Waals surface area contributed by atoms with Gasteiger partial charge in [-0.15, -0.1) is 11.6 Å². The van der Waals surface area contributed by atoms with E-state index >= 15 is 0 Å². The van der Waals surface area contributed by atoms with Gasteiger partial charge in [-0.2, -0.15) is 0 Å². The molecule has 0 spiro atoms. The third-order valence-corrected chi connectivity index (χ3v) is 4.73. The van der Waals surface area contributed by atoms with E-state index in [9.17, 15) is 0 Å². The highest BCUT2D eigenvalue weighted by molar-refractivity contribution is 6.20. The van der Waals surface area contributed by atoms with Crippen molar-refractivity contribution in [2.75, 3.05) is 0 Å². The summed E-state index contributed by atoms with van der Waals surface area (Å²) in [5.41, 5.74) is 3.03. The number of oxazole rings is 1. The number of hydrogen-bond acceptors (Lipinski definition) is 2. The van der Waals surface area contributed by atoms with Crippen molar-refractivity contribution < 1.29 is 4.42 Å². The summed E-state index contributed by atoms with van der Waals surface area (Å²) < 4.78 is 5.83. The van der Waals surface area contributed by atoms with E-state index in [1.165, 1.54) is 24.0 Å². The van der Waals surface area contributed by atoms with Crippen LogP contribution in [-0.4, -0.2) is 4.98 Å². The number of aromatic nitrogens is 1. The van der Waals surface area contributed by atoms with Gasteiger partial charge in [-0.1, -0.05) is 24.3 Å². The van der Waals surface area contributed by atoms with Crippen LogP contribution in [0.1, 0.15) is 53.3 Å². The summed E-state index contributed by atoms with van der Waals surface area (Å²) in [5, 5.41) is -0.151. The molecule has 98 valence electrons. The Kier molecular flexibility index (Phi) is 2.49. The van der Waals surface area contributed by atoms with Gasteiger partial charge < -0.3 is 4.42 Å². The van der Waals surface area contributed by atoms with Gasteiger partial charge in [0.25, 0.3) is 0 Å². The predicted octanol–water partition coefficient (Wildman–Crippen LogP) is 4.42. The first-order valence-electron chi connectivity index (χ1n) is 6.93. The maximum Gasteiger partial charge on any atom is 0.212 e. The van der Waals surface area contributed by atoms with Crippen molar-refractivity contribution in [3.63, 3.8) is 0 Å². The molecule has 3 heteroatoms. The molecule has 1 aromatic carbocycles. The molecular formula is C16H16ClNO. The van der Waals surface area contributed by atoms with Crippen LogP contribution < -0.4 is 0 Å². The molecule has 1 aromatic heterocycles. The molecule has 0 aliphatic heterocycles. The number of nitrogens with zero attached hydrogens (tertiary/aromatic N) is 1. The maximum absolute atomic E-state index is 6.02. The smallest absolute Gasteiger partial charge is 0.212 e. The van der Waals surface area contributed by atoms with Crippen LogP contribution in [0.2, 0.25) is 0 Å². The van der Waals surface area contributed by atoms with Crippen LogP contribution >= 0.6 is 11.6 Å². The first-order chi connectivity index (χ1) is 9.25. The summed E-state index contributed by atoms with van der Waals surface area (Å²) in [6.45, 7) is 1.90. The van der Waals surface area contributed by atoms with Gasteiger partial charge in [0, 0.05) is 5.92 Å². The molecule has 1 fully saturated rings. The fourth-order valence-corrected chi connectivity index (χ4v) is 3.69. The fraction of sp³-hybridized carbons (Fsp3) is 0.438. The molecule has 0 saturated heterocycles. The van der Waals surface area contributed by atoms with Crippen LogP contribution in [0.15, 0.2) is 34.9 Å². The number of alkyl halides is 1. The second kappa shape index (κ2) is 4.11. The first kappa shape index (κ1) is 11.5. The van der Waals surface area contributed by atoms with Gasteiger partial charge in [-0.25, -0.2) is 4.98 Å². The Labute approximate surface area is 117 Å². The van der Waals surface area contributed by atoms with Crippen LogP contribution in [0.25, 0.3) is 0 Å². The van der Waals surface area contributed by atoms with Crippen molar-refractivity contribution in [3.8, 4) is 0 Å². The largest absolute Gasteiger partial charge is 0.444 e. The summed E-state index contributed by atoms with van der Waals surface area (Å²) in [5.74, 6) is 3.56. The molecule has 2 aliphatic carbocycles. The topological polar surface area (TPSA) is 26.0 Å². The molecule has 2 aromatic rings. The molecule has 0 radical (unpaired) electrons. The monoisotopic (exact) mass is 273 g/mol. The molecule has 2 nitrogen and oxygen atoms in total. The molecule has 0 bridgehead atoms. The molecule has 4 unspecified atom stereocenters. The molecule has 0 amide bonds. The highest BCUT2D eigenvalue weighted by Gasteiger charge is 2.55. The number of rotatable bonds is 2. The lowest BCUT2D eigenvalue weighted by molar-refractivity contribution is 0.449. The summed E-state index contributed by atoms with van der Waals surface area (Å²) in [7, 11) is 0. The van der Waals surface area contributed by atoms with Gasteiger partial charge in [0.15, 0.2) is 0 Å². The van der Waals surface area contributed by atoms with E-state index < -0.39 is 0 Å². The second-order valence-electron chi connectivity index (χ2n) is 5.67. The third-order valence-electron chi connectivity index (χ3n) is 4.54. The van der Waals surface area contributed by atoms with Crippen molar-refractivity contribution in [1.82, 2.24) is 4.98 Å². The minimum Gasteiger partial charge on any atom is -0.444 e. The Hall–Kier alpha value is -1.28. The molecule has 19 heavy (non-hydrogen) atoms. The Balaban J connectivity index is 1.66. The minimum absolute atomic E-state index is 0.151. The molecule has 0 N–H and O–H groups in total. The average molecular weight is 274 g/mol. The fourth-order valence-electron chi connectivity index (χ4n) is 3.59. The lowest BCUT2D eigenvalue weighted by Gasteiger charge is -2.13. The van der Waals surface area contributed by atoms with Crippen molar-refractivity contribution in [1.29, 1.82) is 0 Å². The molecular weight excluding hydrogens is 258 g/mol. The number of fused-ring (bicyclic) bond motifs is 3. The van der Waals surface area contributed by atoms with E-state index in [1.807, 2.05) is 13.1 Å². The van der Waals surface area contributed by atoms with Crippen molar-refractivity contribution in [2.24, 2.45) is 5.92 Å². The second-order valence-corrected chi connectivity index (χ2v) is 6.32. The minimum atomic E-state index is -0.151. The van der Waals surface area contributed by atoms with Crippen LogP contribution in [0.3, 0.4) is 0 Å². The molecule has 2 aliphatic rings. The number of hydrogen-bond donors (Lipinski definition) is 0. The van der Waals surface area contributed by atoms with Crippen LogP contribution in [-0.2, 0) is 6.42 Å². The third kappa shape index (κ3) is 1.73. The Morgan fingerprint density at radius 1 is 1.32 bits per heavy atom.